The molecule has 30 heavy (non-hydrogen) atoms. The van der Waals surface area contributed by atoms with E-state index in [1.165, 1.54) is 13.2 Å². The van der Waals surface area contributed by atoms with Crippen LogP contribution in [0.25, 0.3) is 6.08 Å². The Labute approximate surface area is 182 Å². The lowest BCUT2D eigenvalue weighted by atomic mass is 10.1. The summed E-state index contributed by atoms with van der Waals surface area (Å²) < 4.78 is 16.3. The van der Waals surface area contributed by atoms with Gasteiger partial charge in [0.25, 0.3) is 5.91 Å². The molecular formula is C23H25ClN2O4. The van der Waals surface area contributed by atoms with Crippen LogP contribution in [0.3, 0.4) is 0 Å². The van der Waals surface area contributed by atoms with E-state index in [0.717, 1.165) is 5.75 Å². The summed E-state index contributed by atoms with van der Waals surface area (Å²) in [5.74, 6) is 1.43. The summed E-state index contributed by atoms with van der Waals surface area (Å²) in [6, 6.07) is 12.7. The summed E-state index contributed by atoms with van der Waals surface area (Å²) in [5, 5.41) is 9.35. The molecule has 7 heteroatoms. The van der Waals surface area contributed by atoms with Crippen LogP contribution < -0.4 is 19.1 Å². The molecule has 2 aromatic carbocycles. The lowest BCUT2D eigenvalue weighted by Crippen LogP contribution is -2.30. The fourth-order valence-electron chi connectivity index (χ4n) is 2.82. The Kier molecular flexibility index (Phi) is 9.04. The minimum absolute atomic E-state index is 0.218. The Morgan fingerprint density at radius 1 is 1.17 bits per heavy atom. The van der Waals surface area contributed by atoms with Crippen LogP contribution in [0.5, 0.6) is 17.2 Å². The zero-order valence-electron chi connectivity index (χ0n) is 17.4. The monoisotopic (exact) mass is 428 g/mol. The molecule has 0 fully saturated rings. The van der Waals surface area contributed by atoms with Crippen LogP contribution >= 0.6 is 11.6 Å². The van der Waals surface area contributed by atoms with Gasteiger partial charge in [0, 0.05) is 18.3 Å². The molecule has 0 spiro atoms. The summed E-state index contributed by atoms with van der Waals surface area (Å²) in [4.78, 5) is 14.4. The second kappa shape index (κ2) is 11.7. The summed E-state index contributed by atoms with van der Waals surface area (Å²) in [6.07, 6.45) is 3.32. The second-order valence-corrected chi connectivity index (χ2v) is 6.53. The van der Waals surface area contributed by atoms with Gasteiger partial charge in [0.15, 0.2) is 11.5 Å². The number of hydrogen-bond acceptors (Lipinski definition) is 5. The van der Waals surface area contributed by atoms with E-state index < -0.39 is 0 Å². The second-order valence-electron chi connectivity index (χ2n) is 6.13. The maximum absolute atomic E-state index is 12.9. The lowest BCUT2D eigenvalue weighted by Gasteiger charge is -2.20. The molecule has 0 radical (unpaired) electrons. The van der Waals surface area contributed by atoms with Crippen molar-refractivity contribution in [1.29, 1.82) is 5.26 Å². The first kappa shape index (κ1) is 23.1. The van der Waals surface area contributed by atoms with Crippen molar-refractivity contribution in [2.75, 3.05) is 31.8 Å². The normalized spacial score (nSPS) is 10.5. The molecule has 0 unspecified atom stereocenters. The molecule has 1 amide bonds. The summed E-state index contributed by atoms with van der Waals surface area (Å²) in [7, 11) is 1.52. The molecule has 0 saturated carbocycles. The van der Waals surface area contributed by atoms with Crippen LogP contribution in [0.4, 0.5) is 5.69 Å². The molecule has 0 aliphatic carbocycles. The maximum atomic E-state index is 12.9. The van der Waals surface area contributed by atoms with Crippen LogP contribution in [0.15, 0.2) is 42.5 Å². The number of amides is 1. The van der Waals surface area contributed by atoms with Gasteiger partial charge < -0.3 is 19.1 Å². The summed E-state index contributed by atoms with van der Waals surface area (Å²) in [5.41, 5.74) is 1.38. The van der Waals surface area contributed by atoms with E-state index in [1.54, 1.807) is 47.4 Å². The van der Waals surface area contributed by atoms with Crippen molar-refractivity contribution in [3.63, 3.8) is 0 Å². The number of rotatable bonds is 10. The van der Waals surface area contributed by atoms with E-state index in [2.05, 4.69) is 6.07 Å². The molecule has 6 nitrogen and oxygen atoms in total. The van der Waals surface area contributed by atoms with Crippen molar-refractivity contribution < 1.29 is 19.0 Å². The largest absolute Gasteiger partial charge is 0.494 e. The van der Waals surface area contributed by atoms with Gasteiger partial charge in [-0.2, -0.15) is 5.26 Å². The highest BCUT2D eigenvalue weighted by Gasteiger charge is 2.14. The average molecular weight is 429 g/mol. The van der Waals surface area contributed by atoms with Gasteiger partial charge in [-0.05, 0) is 61.9 Å². The van der Waals surface area contributed by atoms with Gasteiger partial charge in [0.1, 0.15) is 5.75 Å². The Balaban J connectivity index is 2.26. The van der Waals surface area contributed by atoms with Crippen molar-refractivity contribution in [1.82, 2.24) is 0 Å². The third-order valence-electron chi connectivity index (χ3n) is 4.13. The average Bonchev–Trinajstić information content (AvgIpc) is 2.74. The van der Waals surface area contributed by atoms with Crippen LogP contribution in [-0.2, 0) is 4.79 Å². The highest BCUT2D eigenvalue weighted by atomic mass is 35.5. The Bertz CT molecular complexity index is 920. The number of carbonyl (C=O) groups excluding carboxylic acids is 1. The van der Waals surface area contributed by atoms with Crippen LogP contribution in [0, 0.1) is 11.3 Å². The molecule has 0 heterocycles. The molecule has 0 N–H and O–H groups in total. The van der Waals surface area contributed by atoms with Gasteiger partial charge in [-0.15, -0.1) is 0 Å². The third kappa shape index (κ3) is 6.16. The molecule has 2 rings (SSSR count). The molecule has 158 valence electrons. The number of halogens is 1. The topological polar surface area (TPSA) is 71.8 Å². The van der Waals surface area contributed by atoms with Gasteiger partial charge in [0.2, 0.25) is 0 Å². The van der Waals surface area contributed by atoms with Gasteiger partial charge >= 0.3 is 0 Å². The fraction of sp³-hybridized carbons (Fsp3) is 0.304. The number of ether oxygens (including phenoxy) is 3. The number of anilines is 1. The molecule has 0 bridgehead atoms. The Hall–Kier alpha value is -3.17. The van der Waals surface area contributed by atoms with Gasteiger partial charge in [0.05, 0.1) is 37.8 Å². The van der Waals surface area contributed by atoms with Crippen molar-refractivity contribution in [3.8, 4) is 23.3 Å². The molecule has 0 aliphatic rings. The van der Waals surface area contributed by atoms with E-state index in [4.69, 9.17) is 31.1 Å². The van der Waals surface area contributed by atoms with E-state index in [9.17, 15) is 4.79 Å². The van der Waals surface area contributed by atoms with E-state index in [0.29, 0.717) is 41.0 Å². The van der Waals surface area contributed by atoms with Crippen molar-refractivity contribution in [2.24, 2.45) is 0 Å². The quantitative estimate of drug-likeness (QED) is 0.492. The number of nitriles is 1. The highest BCUT2D eigenvalue weighted by molar-refractivity contribution is 6.32. The molecule has 0 saturated heterocycles. The SMILES string of the molecule is CCOc1ccc(N(CCC#N)C(=O)/C=C/c2cc(Cl)c(OC)c(OCC)c2)cc1. The third-order valence-corrected chi connectivity index (χ3v) is 4.41. The molecule has 0 atom stereocenters. The molecular weight excluding hydrogens is 404 g/mol. The first-order valence-electron chi connectivity index (χ1n) is 9.63. The minimum Gasteiger partial charge on any atom is -0.494 e. The Morgan fingerprint density at radius 2 is 1.87 bits per heavy atom. The van der Waals surface area contributed by atoms with Crippen molar-refractivity contribution >= 4 is 29.3 Å². The minimum atomic E-state index is -0.251. The van der Waals surface area contributed by atoms with E-state index in [-0.39, 0.29) is 18.9 Å². The fourth-order valence-corrected chi connectivity index (χ4v) is 3.12. The van der Waals surface area contributed by atoms with Gasteiger partial charge in [-0.25, -0.2) is 0 Å². The number of hydrogen-bond donors (Lipinski definition) is 0. The van der Waals surface area contributed by atoms with Crippen LogP contribution in [-0.4, -0.2) is 32.8 Å². The maximum Gasteiger partial charge on any atom is 0.251 e. The molecule has 2 aromatic rings. The standard InChI is InChI=1S/C23H25ClN2O4/c1-4-29-19-10-8-18(9-11-19)26(14-6-13-25)22(27)12-7-17-15-20(24)23(28-3)21(16-17)30-5-2/h7-12,15-16H,4-6,14H2,1-3H3/b12-7+. The smallest absolute Gasteiger partial charge is 0.251 e. The Morgan fingerprint density at radius 3 is 2.47 bits per heavy atom. The van der Waals surface area contributed by atoms with Crippen LogP contribution in [0.2, 0.25) is 5.02 Å². The first-order valence-corrected chi connectivity index (χ1v) is 10.0. The summed E-state index contributed by atoms with van der Waals surface area (Å²) >= 11 is 6.27. The molecule has 0 aliphatic heterocycles. The van der Waals surface area contributed by atoms with E-state index in [1.807, 2.05) is 13.8 Å². The number of carbonyl (C=O) groups is 1. The van der Waals surface area contributed by atoms with E-state index >= 15 is 0 Å². The summed E-state index contributed by atoms with van der Waals surface area (Å²) in [6.45, 7) is 5.07. The number of benzene rings is 2. The van der Waals surface area contributed by atoms with Crippen LogP contribution in [0.1, 0.15) is 25.8 Å². The van der Waals surface area contributed by atoms with Gasteiger partial charge in [-0.3, -0.25) is 4.79 Å². The predicted octanol–water partition coefficient (Wildman–Crippen LogP) is 5.11. The zero-order valence-corrected chi connectivity index (χ0v) is 18.1. The molecule has 0 aromatic heterocycles. The van der Waals surface area contributed by atoms with Crippen molar-refractivity contribution in [3.05, 3.63) is 53.1 Å². The highest BCUT2D eigenvalue weighted by Crippen LogP contribution is 2.36. The van der Waals surface area contributed by atoms with Gasteiger partial charge in [-0.1, -0.05) is 11.6 Å². The predicted molar refractivity (Wildman–Crippen MR) is 118 cm³/mol. The number of nitrogens with zero attached hydrogens (tertiary/aromatic N) is 2. The van der Waals surface area contributed by atoms with Crippen molar-refractivity contribution in [2.45, 2.75) is 20.3 Å². The lowest BCUT2D eigenvalue weighted by molar-refractivity contribution is -0.114. The zero-order chi connectivity index (χ0) is 21.9. The first-order chi connectivity index (χ1) is 14.5. The number of methoxy groups -OCH3 is 1.